The molecule has 1 aromatic heterocycles. The normalized spacial score (nSPS) is 16.2. The summed E-state index contributed by atoms with van der Waals surface area (Å²) >= 11 is 0. The van der Waals surface area contributed by atoms with Gasteiger partial charge in [0.1, 0.15) is 6.33 Å². The Morgan fingerprint density at radius 3 is 2.50 bits per heavy atom. The average Bonchev–Trinajstić information content (AvgIpc) is 2.66. The Balaban J connectivity index is 2.38. The lowest BCUT2D eigenvalue weighted by Gasteiger charge is -2.21. The van der Waals surface area contributed by atoms with Crippen molar-refractivity contribution in [2.24, 2.45) is 0 Å². The van der Waals surface area contributed by atoms with Gasteiger partial charge in [-0.05, 0) is 12.8 Å². The summed E-state index contributed by atoms with van der Waals surface area (Å²) in [7, 11) is 1.63. The van der Waals surface area contributed by atoms with Crippen LogP contribution in [0.4, 0.5) is 17.3 Å². The molecule has 1 fully saturated rings. The van der Waals surface area contributed by atoms with Crippen LogP contribution in [0.2, 0.25) is 0 Å². The Bertz CT molecular complexity index is 429. The van der Waals surface area contributed by atoms with Gasteiger partial charge < -0.3 is 10.2 Å². The molecular weight excluding hydrogens is 234 g/mol. The number of nitrogens with one attached hydrogen (secondary N) is 1. The Morgan fingerprint density at radius 2 is 1.94 bits per heavy atom. The van der Waals surface area contributed by atoms with Gasteiger partial charge in [-0.2, -0.15) is 0 Å². The highest BCUT2D eigenvalue weighted by atomic mass is 16.6. The Morgan fingerprint density at radius 1 is 1.28 bits per heavy atom. The quantitative estimate of drug-likeness (QED) is 0.651. The minimum atomic E-state index is -0.411. The standard InChI is InChI=1S/C11H17N5O2/c1-12-10-9(16(17)18)11(14-8-13-10)15-6-4-2-3-5-7-15/h8H,2-7H2,1H3,(H,12,13,14). The van der Waals surface area contributed by atoms with Crippen molar-refractivity contribution in [3.05, 3.63) is 16.4 Å². The van der Waals surface area contributed by atoms with Gasteiger partial charge in [-0.25, -0.2) is 9.97 Å². The van der Waals surface area contributed by atoms with E-state index in [2.05, 4.69) is 15.3 Å². The molecule has 0 spiro atoms. The van der Waals surface area contributed by atoms with E-state index >= 15 is 0 Å². The predicted molar refractivity (Wildman–Crippen MR) is 68.9 cm³/mol. The number of nitrogens with zero attached hydrogens (tertiary/aromatic N) is 4. The first-order chi connectivity index (χ1) is 8.74. The molecule has 0 atom stereocenters. The summed E-state index contributed by atoms with van der Waals surface area (Å²) in [5, 5.41) is 13.9. The van der Waals surface area contributed by atoms with Crippen LogP contribution in [0.5, 0.6) is 0 Å². The van der Waals surface area contributed by atoms with Gasteiger partial charge in [0, 0.05) is 20.1 Å². The van der Waals surface area contributed by atoms with Crippen molar-refractivity contribution < 1.29 is 4.92 Å². The lowest BCUT2D eigenvalue weighted by molar-refractivity contribution is -0.383. The van der Waals surface area contributed by atoms with Gasteiger partial charge >= 0.3 is 5.69 Å². The molecule has 98 valence electrons. The molecule has 7 heteroatoms. The largest absolute Gasteiger partial charge is 0.367 e. The molecule has 0 unspecified atom stereocenters. The first-order valence-electron chi connectivity index (χ1n) is 6.16. The number of anilines is 2. The zero-order chi connectivity index (χ0) is 13.0. The van der Waals surface area contributed by atoms with Crippen LogP contribution in [0.15, 0.2) is 6.33 Å². The summed E-state index contributed by atoms with van der Waals surface area (Å²) in [6, 6.07) is 0. The first-order valence-corrected chi connectivity index (χ1v) is 6.16. The maximum absolute atomic E-state index is 11.2. The molecule has 1 aromatic rings. The second-order valence-electron chi connectivity index (χ2n) is 4.30. The van der Waals surface area contributed by atoms with E-state index in [1.165, 1.54) is 19.2 Å². The minimum absolute atomic E-state index is 0.0260. The van der Waals surface area contributed by atoms with Crippen LogP contribution >= 0.6 is 0 Å². The molecule has 2 heterocycles. The SMILES string of the molecule is CNc1ncnc(N2CCCCCC2)c1[N+](=O)[O-]. The molecule has 18 heavy (non-hydrogen) atoms. The third-order valence-corrected chi connectivity index (χ3v) is 3.13. The summed E-state index contributed by atoms with van der Waals surface area (Å²) < 4.78 is 0. The number of aromatic nitrogens is 2. The zero-order valence-electron chi connectivity index (χ0n) is 10.4. The van der Waals surface area contributed by atoms with Gasteiger partial charge in [0.15, 0.2) is 0 Å². The van der Waals surface area contributed by atoms with Gasteiger partial charge in [-0.3, -0.25) is 10.1 Å². The fourth-order valence-electron chi connectivity index (χ4n) is 2.23. The smallest absolute Gasteiger partial charge is 0.353 e. The fourth-order valence-corrected chi connectivity index (χ4v) is 2.23. The van der Waals surface area contributed by atoms with Gasteiger partial charge in [0.25, 0.3) is 0 Å². The topological polar surface area (TPSA) is 84.2 Å². The maximum Gasteiger partial charge on any atom is 0.353 e. The van der Waals surface area contributed by atoms with Crippen molar-refractivity contribution in [2.75, 3.05) is 30.4 Å². The predicted octanol–water partition coefficient (Wildman–Crippen LogP) is 1.81. The summed E-state index contributed by atoms with van der Waals surface area (Å²) in [5.74, 6) is 0.704. The molecule has 1 N–H and O–H groups in total. The molecule has 0 aliphatic carbocycles. The molecule has 7 nitrogen and oxygen atoms in total. The molecular formula is C11H17N5O2. The van der Waals surface area contributed by atoms with Crippen LogP contribution in [0.25, 0.3) is 0 Å². The van der Waals surface area contributed by atoms with Gasteiger partial charge in [-0.15, -0.1) is 0 Å². The monoisotopic (exact) mass is 251 g/mol. The average molecular weight is 251 g/mol. The van der Waals surface area contributed by atoms with Gasteiger partial charge in [-0.1, -0.05) is 12.8 Å². The van der Waals surface area contributed by atoms with E-state index in [9.17, 15) is 10.1 Å². The zero-order valence-corrected chi connectivity index (χ0v) is 10.4. The number of hydrogen-bond donors (Lipinski definition) is 1. The fraction of sp³-hybridized carbons (Fsp3) is 0.636. The maximum atomic E-state index is 11.2. The third kappa shape index (κ3) is 2.49. The molecule has 0 bridgehead atoms. The third-order valence-electron chi connectivity index (χ3n) is 3.13. The van der Waals surface area contributed by atoms with Crippen LogP contribution in [0, 0.1) is 10.1 Å². The van der Waals surface area contributed by atoms with Crippen molar-refractivity contribution >= 4 is 17.3 Å². The lowest BCUT2D eigenvalue weighted by atomic mass is 10.2. The van der Waals surface area contributed by atoms with Crippen molar-refractivity contribution in [2.45, 2.75) is 25.7 Å². The first kappa shape index (κ1) is 12.5. The van der Waals surface area contributed by atoms with Crippen molar-refractivity contribution in [3.63, 3.8) is 0 Å². The van der Waals surface area contributed by atoms with E-state index in [1.54, 1.807) is 7.05 Å². The summed E-state index contributed by atoms with van der Waals surface area (Å²) in [5.41, 5.74) is -0.0260. The Labute approximate surface area is 105 Å². The van der Waals surface area contributed by atoms with Crippen LogP contribution in [-0.4, -0.2) is 35.0 Å². The highest BCUT2D eigenvalue weighted by Gasteiger charge is 2.26. The molecule has 2 rings (SSSR count). The van der Waals surface area contributed by atoms with E-state index in [0.717, 1.165) is 25.9 Å². The van der Waals surface area contributed by atoms with E-state index in [-0.39, 0.29) is 11.5 Å². The van der Waals surface area contributed by atoms with E-state index in [4.69, 9.17) is 0 Å². The molecule has 1 saturated heterocycles. The van der Waals surface area contributed by atoms with E-state index in [1.807, 2.05) is 4.90 Å². The summed E-state index contributed by atoms with van der Waals surface area (Å²) in [4.78, 5) is 20.8. The van der Waals surface area contributed by atoms with Crippen molar-refractivity contribution in [3.8, 4) is 0 Å². The highest BCUT2D eigenvalue weighted by molar-refractivity contribution is 5.70. The molecule has 0 amide bonds. The molecule has 0 aromatic carbocycles. The highest BCUT2D eigenvalue weighted by Crippen LogP contribution is 2.32. The number of hydrogen-bond acceptors (Lipinski definition) is 6. The number of rotatable bonds is 3. The van der Waals surface area contributed by atoms with Crippen LogP contribution < -0.4 is 10.2 Å². The lowest BCUT2D eigenvalue weighted by Crippen LogP contribution is -2.26. The molecule has 1 aliphatic heterocycles. The van der Waals surface area contributed by atoms with E-state index in [0.29, 0.717) is 5.82 Å². The summed E-state index contributed by atoms with van der Waals surface area (Å²) in [6.45, 7) is 1.64. The van der Waals surface area contributed by atoms with Crippen LogP contribution in [0.3, 0.4) is 0 Å². The summed E-state index contributed by atoms with van der Waals surface area (Å²) in [6.07, 6.45) is 5.83. The Hall–Kier alpha value is -1.92. The second-order valence-corrected chi connectivity index (χ2v) is 4.30. The van der Waals surface area contributed by atoms with Crippen LogP contribution in [-0.2, 0) is 0 Å². The Kier molecular flexibility index (Phi) is 3.91. The van der Waals surface area contributed by atoms with Crippen molar-refractivity contribution in [1.82, 2.24) is 9.97 Å². The molecule has 0 radical (unpaired) electrons. The number of nitro groups is 1. The molecule has 0 saturated carbocycles. The van der Waals surface area contributed by atoms with Crippen LogP contribution in [0.1, 0.15) is 25.7 Å². The van der Waals surface area contributed by atoms with Gasteiger partial charge in [0.05, 0.1) is 4.92 Å². The molecule has 1 aliphatic rings. The minimum Gasteiger partial charge on any atom is -0.367 e. The second kappa shape index (κ2) is 5.61. The van der Waals surface area contributed by atoms with Crippen molar-refractivity contribution in [1.29, 1.82) is 0 Å². The van der Waals surface area contributed by atoms with E-state index < -0.39 is 4.92 Å². The van der Waals surface area contributed by atoms with Gasteiger partial charge in [0.2, 0.25) is 11.6 Å².